The molecule has 0 N–H and O–H groups in total. The third-order valence-electron chi connectivity index (χ3n) is 13.5. The molecule has 14 aromatic rings. The summed E-state index contributed by atoms with van der Waals surface area (Å²) in [5, 5.41) is 14.5. The highest BCUT2D eigenvalue weighted by Gasteiger charge is 2.24. The number of aromatic nitrogens is 2. The van der Waals surface area contributed by atoms with Crippen molar-refractivity contribution in [3.63, 3.8) is 0 Å². The molecule has 0 spiro atoms. The molecular weight excluding hydrogens is 779 g/mol. The van der Waals surface area contributed by atoms with Crippen LogP contribution in [0, 0.1) is 0 Å². The van der Waals surface area contributed by atoms with Gasteiger partial charge in [-0.05, 0) is 111 Å². The van der Waals surface area contributed by atoms with Gasteiger partial charge in [0.05, 0.1) is 38.8 Å². The van der Waals surface area contributed by atoms with Crippen LogP contribution >= 0.6 is 0 Å². The van der Waals surface area contributed by atoms with Crippen LogP contribution in [0.15, 0.2) is 229 Å². The van der Waals surface area contributed by atoms with Gasteiger partial charge in [0, 0.05) is 44.0 Å². The first kappa shape index (κ1) is 35.0. The van der Waals surface area contributed by atoms with Gasteiger partial charge in [0.2, 0.25) is 0 Å². The topological polar surface area (TPSA) is 26.2 Å². The van der Waals surface area contributed by atoms with E-state index in [1.54, 1.807) is 0 Å². The summed E-state index contributed by atoms with van der Waals surface area (Å²) in [6.07, 6.45) is 0. The van der Waals surface area contributed by atoms with E-state index >= 15 is 0 Å². The molecule has 0 unspecified atom stereocenters. The first-order chi connectivity index (χ1) is 31.8. The number of hydrogen-bond donors (Lipinski definition) is 0. The predicted octanol–water partition coefficient (Wildman–Crippen LogP) is 16.7. The highest BCUT2D eigenvalue weighted by atomic mass is 16.3. The largest absolute Gasteiger partial charge is 0.456 e. The van der Waals surface area contributed by atoms with Crippen molar-refractivity contribution in [2.75, 3.05) is 4.90 Å². The SMILES string of the molecule is c1ccc(-n2c3ccccc3c3cccc(-n4c5ccccc5c5cc(N(c6ccc7c8ccccc8c8ccccc8c7c6)c6cccc7oc8ccccc8c67)ccc54)c32)cc1. The van der Waals surface area contributed by atoms with Gasteiger partial charge in [-0.1, -0.05) is 146 Å². The van der Waals surface area contributed by atoms with Crippen molar-refractivity contribution in [3.8, 4) is 11.4 Å². The molecule has 298 valence electrons. The molecule has 0 atom stereocenters. The maximum atomic E-state index is 6.54. The third kappa shape index (κ3) is 4.93. The second-order valence-corrected chi connectivity index (χ2v) is 16.8. The van der Waals surface area contributed by atoms with Gasteiger partial charge in [-0.3, -0.25) is 0 Å². The number of rotatable bonds is 5. The summed E-state index contributed by atoms with van der Waals surface area (Å²) in [5.74, 6) is 0. The standard InChI is InChI=1S/C60H37N3O/c1-2-16-38(17-3-1)62-52-26-11-8-22-46(52)48-25-14-29-56(60(48)62)63-53-27-12-9-23-47(53)51-37-40(33-35-54(51)63)61(55-28-15-31-58-59(55)49-24-10-13-30-57(49)64-58)39-32-34-45-43-20-5-4-18-41(43)42-19-6-7-21-44(42)50(45)36-39/h1-37H. The van der Waals surface area contributed by atoms with Gasteiger partial charge >= 0.3 is 0 Å². The minimum Gasteiger partial charge on any atom is -0.456 e. The number of nitrogens with zero attached hydrogens (tertiary/aromatic N) is 3. The Morgan fingerprint density at radius 1 is 0.312 bits per heavy atom. The Kier molecular flexibility index (Phi) is 7.36. The zero-order valence-corrected chi connectivity index (χ0v) is 34.6. The number of fused-ring (bicyclic) bond motifs is 15. The Morgan fingerprint density at radius 2 is 0.812 bits per heavy atom. The normalized spacial score (nSPS) is 12.1. The van der Waals surface area contributed by atoms with Gasteiger partial charge in [0.1, 0.15) is 11.2 Å². The molecule has 0 fully saturated rings. The lowest BCUT2D eigenvalue weighted by molar-refractivity contribution is 0.669. The summed E-state index contributed by atoms with van der Waals surface area (Å²) >= 11 is 0. The van der Waals surface area contributed by atoms with E-state index in [4.69, 9.17) is 4.42 Å². The summed E-state index contributed by atoms with van der Waals surface area (Å²) < 4.78 is 11.4. The van der Waals surface area contributed by atoms with E-state index in [0.717, 1.165) is 61.4 Å². The summed E-state index contributed by atoms with van der Waals surface area (Å²) in [5.41, 5.74) is 11.9. The maximum Gasteiger partial charge on any atom is 0.137 e. The van der Waals surface area contributed by atoms with E-state index in [0.29, 0.717) is 0 Å². The lowest BCUT2D eigenvalue weighted by Gasteiger charge is -2.27. The summed E-state index contributed by atoms with van der Waals surface area (Å²) in [7, 11) is 0. The first-order valence-corrected chi connectivity index (χ1v) is 21.9. The number of hydrogen-bond acceptors (Lipinski definition) is 2. The summed E-state index contributed by atoms with van der Waals surface area (Å²) in [4.78, 5) is 2.44. The molecule has 11 aromatic carbocycles. The zero-order chi connectivity index (χ0) is 41.9. The molecule has 0 radical (unpaired) electrons. The van der Waals surface area contributed by atoms with Gasteiger partial charge in [0.25, 0.3) is 0 Å². The van der Waals surface area contributed by atoms with Crippen LogP contribution in [-0.4, -0.2) is 9.13 Å². The van der Waals surface area contributed by atoms with E-state index < -0.39 is 0 Å². The average Bonchev–Trinajstić information content (AvgIpc) is 4.03. The molecular formula is C60H37N3O. The Morgan fingerprint density at radius 3 is 1.55 bits per heavy atom. The molecule has 0 saturated carbocycles. The van der Waals surface area contributed by atoms with Gasteiger partial charge in [-0.15, -0.1) is 0 Å². The van der Waals surface area contributed by atoms with Crippen molar-refractivity contribution < 1.29 is 4.42 Å². The van der Waals surface area contributed by atoms with E-state index in [1.165, 1.54) is 64.9 Å². The maximum absolute atomic E-state index is 6.54. The summed E-state index contributed by atoms with van der Waals surface area (Å²) in [6.45, 7) is 0. The van der Waals surface area contributed by atoms with E-state index in [-0.39, 0.29) is 0 Å². The average molecular weight is 816 g/mol. The Labute approximate surface area is 367 Å². The van der Waals surface area contributed by atoms with Crippen molar-refractivity contribution in [2.45, 2.75) is 0 Å². The second-order valence-electron chi connectivity index (χ2n) is 16.8. The van der Waals surface area contributed by atoms with Gasteiger partial charge in [0.15, 0.2) is 0 Å². The van der Waals surface area contributed by atoms with Crippen LogP contribution in [0.1, 0.15) is 0 Å². The molecule has 14 rings (SSSR count). The predicted molar refractivity (Wildman–Crippen MR) is 270 cm³/mol. The van der Waals surface area contributed by atoms with Crippen molar-refractivity contribution >= 4 is 115 Å². The van der Waals surface area contributed by atoms with Crippen molar-refractivity contribution in [3.05, 3.63) is 224 Å². The van der Waals surface area contributed by atoms with Crippen LogP contribution < -0.4 is 4.90 Å². The zero-order valence-electron chi connectivity index (χ0n) is 34.6. The fraction of sp³-hybridized carbons (Fsp3) is 0. The molecule has 4 nitrogen and oxygen atoms in total. The van der Waals surface area contributed by atoms with E-state index in [9.17, 15) is 0 Å². The molecule has 0 bridgehead atoms. The van der Waals surface area contributed by atoms with Crippen LogP contribution in [0.4, 0.5) is 17.1 Å². The molecule has 0 amide bonds. The Bertz CT molecular complexity index is 4170. The van der Waals surface area contributed by atoms with Gasteiger partial charge in [-0.2, -0.15) is 0 Å². The van der Waals surface area contributed by atoms with E-state index in [1.807, 2.05) is 6.07 Å². The van der Waals surface area contributed by atoms with Crippen molar-refractivity contribution in [1.29, 1.82) is 0 Å². The quantitative estimate of drug-likeness (QED) is 0.162. The van der Waals surface area contributed by atoms with Crippen LogP contribution in [0.3, 0.4) is 0 Å². The molecule has 3 heterocycles. The number of anilines is 3. The molecule has 3 aromatic heterocycles. The van der Waals surface area contributed by atoms with Crippen LogP contribution in [0.25, 0.3) is 109 Å². The fourth-order valence-electron chi connectivity index (χ4n) is 10.8. The Balaban J connectivity index is 1.06. The van der Waals surface area contributed by atoms with Gasteiger partial charge in [-0.25, -0.2) is 0 Å². The fourth-order valence-corrected chi connectivity index (χ4v) is 10.8. The van der Waals surface area contributed by atoms with Crippen molar-refractivity contribution in [2.24, 2.45) is 0 Å². The molecule has 0 aliphatic heterocycles. The summed E-state index contributed by atoms with van der Waals surface area (Å²) in [6, 6.07) is 81.6. The second kappa shape index (κ2) is 13.4. The number of para-hydroxylation sites is 5. The van der Waals surface area contributed by atoms with E-state index in [2.05, 4.69) is 232 Å². The molecule has 0 aliphatic rings. The molecule has 0 aliphatic carbocycles. The first-order valence-electron chi connectivity index (χ1n) is 21.9. The minimum absolute atomic E-state index is 0.862. The number of furan rings is 1. The monoisotopic (exact) mass is 815 g/mol. The molecule has 4 heteroatoms. The Hall–Kier alpha value is -8.60. The van der Waals surface area contributed by atoms with Crippen LogP contribution in [-0.2, 0) is 0 Å². The lowest BCUT2D eigenvalue weighted by atomic mass is 9.94. The number of benzene rings is 11. The lowest BCUT2D eigenvalue weighted by Crippen LogP contribution is -2.10. The van der Waals surface area contributed by atoms with Crippen molar-refractivity contribution in [1.82, 2.24) is 9.13 Å². The highest BCUT2D eigenvalue weighted by molar-refractivity contribution is 6.26. The van der Waals surface area contributed by atoms with Crippen LogP contribution in [0.2, 0.25) is 0 Å². The molecule has 64 heavy (non-hydrogen) atoms. The van der Waals surface area contributed by atoms with Gasteiger partial charge < -0.3 is 18.5 Å². The van der Waals surface area contributed by atoms with Crippen LogP contribution in [0.5, 0.6) is 0 Å². The minimum atomic E-state index is 0.862. The molecule has 0 saturated heterocycles. The third-order valence-corrected chi connectivity index (χ3v) is 13.5. The smallest absolute Gasteiger partial charge is 0.137 e. The highest BCUT2D eigenvalue weighted by Crippen LogP contribution is 2.47.